The monoisotopic (exact) mass is 358 g/mol. The van der Waals surface area contributed by atoms with Crippen LogP contribution in [0.2, 0.25) is 0 Å². The van der Waals surface area contributed by atoms with Gasteiger partial charge in [-0.05, 0) is 19.1 Å². The number of carbonyl (C=O) groups is 2. The number of ketones is 1. The second-order valence-electron chi connectivity index (χ2n) is 5.29. The molecule has 0 spiro atoms. The average molecular weight is 359 g/mol. The predicted molar refractivity (Wildman–Crippen MR) is 90.7 cm³/mol. The van der Waals surface area contributed by atoms with Crippen molar-refractivity contribution in [3.8, 4) is 0 Å². The van der Waals surface area contributed by atoms with Crippen LogP contribution in [0.5, 0.6) is 0 Å². The first-order valence-corrected chi connectivity index (χ1v) is 7.89. The van der Waals surface area contributed by atoms with Gasteiger partial charge in [-0.15, -0.1) is 0 Å². The van der Waals surface area contributed by atoms with E-state index < -0.39 is 10.9 Å². The molecule has 2 atom stereocenters. The van der Waals surface area contributed by atoms with Crippen molar-refractivity contribution in [2.24, 2.45) is 0 Å². The van der Waals surface area contributed by atoms with E-state index in [9.17, 15) is 9.59 Å². The molecule has 5 heteroatoms. The van der Waals surface area contributed by atoms with Crippen LogP contribution in [0.25, 0.3) is 0 Å². The standard InChI is InChI=1S/C17H15BrN2O2/c1-10-6-8-11(9-7-10)16(21)14(18)15-17(22)20-13-5-3-2-4-12(13)19-15/h2-9,14-15,19H,1H3,(H,20,22). The molecule has 3 rings (SSSR count). The maximum Gasteiger partial charge on any atom is 0.248 e. The maximum absolute atomic E-state index is 12.5. The minimum Gasteiger partial charge on any atom is -0.371 e. The highest BCUT2D eigenvalue weighted by molar-refractivity contribution is 9.10. The van der Waals surface area contributed by atoms with Crippen molar-refractivity contribution in [3.05, 3.63) is 59.7 Å². The fraction of sp³-hybridized carbons (Fsp3) is 0.176. The quantitative estimate of drug-likeness (QED) is 0.653. The topological polar surface area (TPSA) is 58.2 Å². The number of Topliss-reactive ketones (excluding diaryl/α,β-unsaturated/α-hetero) is 1. The van der Waals surface area contributed by atoms with Crippen LogP contribution in [0.4, 0.5) is 11.4 Å². The highest BCUT2D eigenvalue weighted by atomic mass is 79.9. The van der Waals surface area contributed by atoms with Gasteiger partial charge >= 0.3 is 0 Å². The molecule has 1 aliphatic heterocycles. The van der Waals surface area contributed by atoms with Gasteiger partial charge in [0, 0.05) is 5.56 Å². The van der Waals surface area contributed by atoms with Gasteiger partial charge in [0.1, 0.15) is 10.9 Å². The third-order valence-corrected chi connectivity index (χ3v) is 4.60. The van der Waals surface area contributed by atoms with Crippen LogP contribution in [0, 0.1) is 6.92 Å². The van der Waals surface area contributed by atoms with Gasteiger partial charge in [-0.2, -0.15) is 0 Å². The van der Waals surface area contributed by atoms with Crippen LogP contribution in [-0.2, 0) is 4.79 Å². The van der Waals surface area contributed by atoms with Gasteiger partial charge in [0.15, 0.2) is 5.78 Å². The summed E-state index contributed by atoms with van der Waals surface area (Å²) in [7, 11) is 0. The Morgan fingerprint density at radius 3 is 2.41 bits per heavy atom. The van der Waals surface area contributed by atoms with E-state index in [0.29, 0.717) is 5.56 Å². The predicted octanol–water partition coefficient (Wildman–Crippen LogP) is 3.37. The lowest BCUT2D eigenvalue weighted by atomic mass is 10.00. The van der Waals surface area contributed by atoms with Crippen molar-refractivity contribution in [3.63, 3.8) is 0 Å². The van der Waals surface area contributed by atoms with Crippen molar-refractivity contribution in [1.29, 1.82) is 0 Å². The molecule has 0 fully saturated rings. The number of rotatable bonds is 3. The molecule has 0 bridgehead atoms. The van der Waals surface area contributed by atoms with Crippen LogP contribution >= 0.6 is 15.9 Å². The Morgan fingerprint density at radius 2 is 1.73 bits per heavy atom. The van der Waals surface area contributed by atoms with Crippen molar-refractivity contribution in [2.45, 2.75) is 17.8 Å². The summed E-state index contributed by atoms with van der Waals surface area (Å²) >= 11 is 3.38. The van der Waals surface area contributed by atoms with Gasteiger partial charge in [0.05, 0.1) is 11.4 Å². The van der Waals surface area contributed by atoms with E-state index in [1.165, 1.54) is 0 Å². The van der Waals surface area contributed by atoms with Crippen LogP contribution in [0.3, 0.4) is 0 Å². The maximum atomic E-state index is 12.5. The zero-order valence-electron chi connectivity index (χ0n) is 12.0. The number of benzene rings is 2. The van der Waals surface area contributed by atoms with Crippen molar-refractivity contribution >= 4 is 39.0 Å². The van der Waals surface area contributed by atoms with E-state index in [-0.39, 0.29) is 11.7 Å². The van der Waals surface area contributed by atoms with Crippen LogP contribution in [0.1, 0.15) is 15.9 Å². The minimum atomic E-state index is -0.649. The second-order valence-corrected chi connectivity index (χ2v) is 6.28. The molecule has 2 aromatic rings. The summed E-state index contributed by atoms with van der Waals surface area (Å²) in [4.78, 5) is 24.1. The molecule has 0 aliphatic carbocycles. The summed E-state index contributed by atoms with van der Waals surface area (Å²) < 4.78 is 0. The average Bonchev–Trinajstić information content (AvgIpc) is 2.53. The molecule has 0 aromatic heterocycles. The largest absolute Gasteiger partial charge is 0.371 e. The molecule has 1 heterocycles. The number of para-hydroxylation sites is 2. The Balaban J connectivity index is 1.83. The third-order valence-electron chi connectivity index (χ3n) is 3.66. The first-order valence-electron chi connectivity index (χ1n) is 6.97. The Bertz CT molecular complexity index is 728. The molecule has 2 aromatic carbocycles. The summed E-state index contributed by atoms with van der Waals surface area (Å²) in [6.45, 7) is 1.97. The highest BCUT2D eigenvalue weighted by Gasteiger charge is 2.35. The normalized spacial score (nSPS) is 17.9. The number of amides is 1. The number of hydrogen-bond donors (Lipinski definition) is 2. The number of alkyl halides is 1. The second kappa shape index (κ2) is 5.93. The molecule has 1 amide bonds. The van der Waals surface area contributed by atoms with E-state index >= 15 is 0 Å². The lowest BCUT2D eigenvalue weighted by Crippen LogP contribution is -2.47. The minimum absolute atomic E-state index is 0.118. The van der Waals surface area contributed by atoms with Crippen LogP contribution in [0.15, 0.2) is 48.5 Å². The summed E-state index contributed by atoms with van der Waals surface area (Å²) in [5.74, 6) is -0.340. The first-order chi connectivity index (χ1) is 10.6. The van der Waals surface area contributed by atoms with Gasteiger partial charge in [-0.3, -0.25) is 9.59 Å². The molecule has 112 valence electrons. The van der Waals surface area contributed by atoms with Gasteiger partial charge in [0.2, 0.25) is 5.91 Å². The Morgan fingerprint density at radius 1 is 1.09 bits per heavy atom. The number of aryl methyl sites for hydroxylation is 1. The Labute approximate surface area is 137 Å². The molecule has 0 saturated carbocycles. The van der Waals surface area contributed by atoms with E-state index in [1.54, 1.807) is 12.1 Å². The zero-order valence-corrected chi connectivity index (χ0v) is 13.6. The van der Waals surface area contributed by atoms with E-state index in [2.05, 4.69) is 26.6 Å². The lowest BCUT2D eigenvalue weighted by Gasteiger charge is -2.29. The van der Waals surface area contributed by atoms with Crippen molar-refractivity contribution in [2.75, 3.05) is 10.6 Å². The molecule has 0 radical (unpaired) electrons. The van der Waals surface area contributed by atoms with Gasteiger partial charge in [-0.25, -0.2) is 0 Å². The molecular weight excluding hydrogens is 344 g/mol. The smallest absolute Gasteiger partial charge is 0.248 e. The first kappa shape index (κ1) is 14.8. The van der Waals surface area contributed by atoms with Crippen LogP contribution in [-0.4, -0.2) is 22.6 Å². The third kappa shape index (κ3) is 2.76. The molecule has 1 aliphatic rings. The van der Waals surface area contributed by atoms with Gasteiger partial charge in [-0.1, -0.05) is 57.9 Å². The molecule has 22 heavy (non-hydrogen) atoms. The summed E-state index contributed by atoms with van der Waals surface area (Å²) in [5, 5.41) is 5.95. The number of fused-ring (bicyclic) bond motifs is 1. The van der Waals surface area contributed by atoms with E-state index in [1.807, 2.05) is 43.3 Å². The number of halogens is 1. The Hall–Kier alpha value is -2.14. The molecule has 0 saturated heterocycles. The zero-order chi connectivity index (χ0) is 15.7. The number of nitrogens with one attached hydrogen (secondary N) is 2. The molecule has 2 N–H and O–H groups in total. The molecule has 2 unspecified atom stereocenters. The fourth-order valence-electron chi connectivity index (χ4n) is 2.40. The van der Waals surface area contributed by atoms with Gasteiger partial charge in [0.25, 0.3) is 0 Å². The van der Waals surface area contributed by atoms with Gasteiger partial charge < -0.3 is 10.6 Å². The van der Waals surface area contributed by atoms with Crippen LogP contribution < -0.4 is 10.6 Å². The molecule has 4 nitrogen and oxygen atoms in total. The highest BCUT2D eigenvalue weighted by Crippen LogP contribution is 2.29. The lowest BCUT2D eigenvalue weighted by molar-refractivity contribution is -0.116. The fourth-order valence-corrected chi connectivity index (χ4v) is 3.03. The SMILES string of the molecule is Cc1ccc(C(=O)C(Br)C2Nc3ccccc3NC2=O)cc1. The summed E-state index contributed by atoms with van der Waals surface area (Å²) in [6, 6.07) is 14.1. The number of carbonyl (C=O) groups excluding carboxylic acids is 2. The number of hydrogen-bond acceptors (Lipinski definition) is 3. The summed E-state index contributed by atoms with van der Waals surface area (Å²) in [6.07, 6.45) is 0. The number of anilines is 2. The van der Waals surface area contributed by atoms with Crippen molar-refractivity contribution < 1.29 is 9.59 Å². The Kier molecular flexibility index (Phi) is 3.98. The van der Waals surface area contributed by atoms with E-state index in [4.69, 9.17) is 0 Å². The van der Waals surface area contributed by atoms with E-state index in [0.717, 1.165) is 16.9 Å². The molecular formula is C17H15BrN2O2. The summed E-state index contributed by atoms with van der Waals surface area (Å²) in [5.41, 5.74) is 3.21. The van der Waals surface area contributed by atoms with Crippen molar-refractivity contribution in [1.82, 2.24) is 0 Å².